The molecule has 1 aromatic heterocycles. The molecule has 0 atom stereocenters. The van der Waals surface area contributed by atoms with Crippen LogP contribution in [0, 0.1) is 0 Å². The maximum atomic E-state index is 12.1. The molecule has 2 rings (SSSR count). The molecule has 0 unspecified atom stereocenters. The molecular formula is C12H14N2O2S2. The molecule has 18 heavy (non-hydrogen) atoms. The third-order valence-electron chi connectivity index (χ3n) is 2.45. The van der Waals surface area contributed by atoms with Crippen molar-refractivity contribution in [3.63, 3.8) is 0 Å². The molecule has 0 bridgehead atoms. The highest BCUT2D eigenvalue weighted by Gasteiger charge is 2.16. The first kappa shape index (κ1) is 12.9. The number of nitrogens with two attached hydrogens (primary N) is 1. The number of rotatable bonds is 4. The molecule has 0 spiro atoms. The Morgan fingerprint density at radius 3 is 2.72 bits per heavy atom. The molecule has 3 N–H and O–H groups in total. The minimum absolute atomic E-state index is 0.224. The Labute approximate surface area is 111 Å². The maximum absolute atomic E-state index is 12.1. The van der Waals surface area contributed by atoms with Gasteiger partial charge in [-0.2, -0.15) is 0 Å². The zero-order valence-corrected chi connectivity index (χ0v) is 11.5. The maximum Gasteiger partial charge on any atom is 0.271 e. The molecule has 0 fully saturated rings. The van der Waals surface area contributed by atoms with E-state index in [-0.39, 0.29) is 4.21 Å². The van der Waals surface area contributed by atoms with E-state index in [0.29, 0.717) is 11.4 Å². The molecular weight excluding hydrogens is 268 g/mol. The van der Waals surface area contributed by atoms with Gasteiger partial charge < -0.3 is 5.73 Å². The van der Waals surface area contributed by atoms with Crippen molar-refractivity contribution in [2.75, 3.05) is 10.5 Å². The molecule has 96 valence electrons. The van der Waals surface area contributed by atoms with E-state index in [1.165, 1.54) is 6.07 Å². The highest BCUT2D eigenvalue weighted by atomic mass is 32.2. The van der Waals surface area contributed by atoms with Crippen molar-refractivity contribution in [2.45, 2.75) is 17.6 Å². The summed E-state index contributed by atoms with van der Waals surface area (Å²) in [6, 6.07) is 8.80. The van der Waals surface area contributed by atoms with Crippen molar-refractivity contribution in [3.05, 3.63) is 41.3 Å². The van der Waals surface area contributed by atoms with Crippen LogP contribution in [0.4, 0.5) is 11.4 Å². The van der Waals surface area contributed by atoms with Gasteiger partial charge in [-0.15, -0.1) is 11.3 Å². The van der Waals surface area contributed by atoms with E-state index < -0.39 is 10.0 Å². The fourth-order valence-electron chi connectivity index (χ4n) is 1.53. The van der Waals surface area contributed by atoms with Gasteiger partial charge in [-0.3, -0.25) is 4.72 Å². The van der Waals surface area contributed by atoms with Gasteiger partial charge >= 0.3 is 0 Å². The van der Waals surface area contributed by atoms with Crippen molar-refractivity contribution in [1.82, 2.24) is 0 Å². The van der Waals surface area contributed by atoms with Crippen molar-refractivity contribution in [3.8, 4) is 0 Å². The van der Waals surface area contributed by atoms with E-state index in [4.69, 9.17) is 5.73 Å². The monoisotopic (exact) mass is 282 g/mol. The van der Waals surface area contributed by atoms with Crippen molar-refractivity contribution >= 4 is 32.7 Å². The van der Waals surface area contributed by atoms with Crippen molar-refractivity contribution in [2.24, 2.45) is 0 Å². The Kier molecular flexibility index (Phi) is 3.58. The summed E-state index contributed by atoms with van der Waals surface area (Å²) in [4.78, 5) is 0. The van der Waals surface area contributed by atoms with Crippen LogP contribution in [0.25, 0.3) is 0 Å². The fourth-order valence-corrected chi connectivity index (χ4v) is 3.66. The predicted molar refractivity (Wildman–Crippen MR) is 75.4 cm³/mol. The highest BCUT2D eigenvalue weighted by Crippen LogP contribution is 2.24. The molecule has 0 saturated heterocycles. The summed E-state index contributed by atoms with van der Waals surface area (Å²) in [7, 11) is -3.53. The summed E-state index contributed by atoms with van der Waals surface area (Å²) in [6.45, 7) is 2.02. The fraction of sp³-hybridized carbons (Fsp3) is 0.167. The minimum atomic E-state index is -3.53. The molecule has 0 radical (unpaired) electrons. The second kappa shape index (κ2) is 4.99. The number of hydrogen-bond donors (Lipinski definition) is 2. The summed E-state index contributed by atoms with van der Waals surface area (Å²) < 4.78 is 26.9. The third kappa shape index (κ3) is 2.83. The van der Waals surface area contributed by atoms with Crippen LogP contribution in [0.15, 0.2) is 39.9 Å². The van der Waals surface area contributed by atoms with Gasteiger partial charge in [0, 0.05) is 16.8 Å². The molecule has 0 aliphatic heterocycles. The van der Waals surface area contributed by atoms with Crippen LogP contribution < -0.4 is 10.5 Å². The molecule has 0 saturated carbocycles. The van der Waals surface area contributed by atoms with Crippen molar-refractivity contribution < 1.29 is 8.42 Å². The van der Waals surface area contributed by atoms with E-state index in [2.05, 4.69) is 4.72 Å². The van der Waals surface area contributed by atoms with Gasteiger partial charge in [0.1, 0.15) is 4.21 Å². The van der Waals surface area contributed by atoms with Gasteiger partial charge in [-0.05, 0) is 30.2 Å². The number of nitrogens with one attached hydrogen (secondary N) is 1. The largest absolute Gasteiger partial charge is 0.398 e. The lowest BCUT2D eigenvalue weighted by atomic mass is 10.1. The number of benzene rings is 1. The topological polar surface area (TPSA) is 72.2 Å². The Morgan fingerprint density at radius 1 is 1.33 bits per heavy atom. The first-order valence-corrected chi connectivity index (χ1v) is 7.83. The Hall–Kier alpha value is -1.53. The lowest BCUT2D eigenvalue weighted by molar-refractivity contribution is 0.603. The van der Waals surface area contributed by atoms with Gasteiger partial charge in [0.2, 0.25) is 0 Å². The van der Waals surface area contributed by atoms with Gasteiger partial charge in [-0.25, -0.2) is 8.42 Å². The van der Waals surface area contributed by atoms with E-state index in [1.807, 2.05) is 25.1 Å². The third-order valence-corrected chi connectivity index (χ3v) is 5.29. The Bertz CT molecular complexity index is 648. The first-order chi connectivity index (χ1) is 8.51. The summed E-state index contributed by atoms with van der Waals surface area (Å²) in [5.41, 5.74) is 7.65. The SMILES string of the molecule is CCc1cccc(NS(=O)(=O)c2cc(N)cs2)c1. The Balaban J connectivity index is 2.27. The molecule has 1 aromatic carbocycles. The average Bonchev–Trinajstić information content (AvgIpc) is 2.76. The molecule has 2 aromatic rings. The van der Waals surface area contributed by atoms with Crippen LogP contribution in [-0.2, 0) is 16.4 Å². The van der Waals surface area contributed by atoms with Crippen LogP contribution in [0.2, 0.25) is 0 Å². The summed E-state index contributed by atoms with van der Waals surface area (Å²) in [5.74, 6) is 0. The van der Waals surface area contributed by atoms with Gasteiger partial charge in [0.25, 0.3) is 10.0 Å². The van der Waals surface area contributed by atoms with Crippen LogP contribution in [0.5, 0.6) is 0 Å². The highest BCUT2D eigenvalue weighted by molar-refractivity contribution is 7.94. The van der Waals surface area contributed by atoms with Crippen LogP contribution in [0.3, 0.4) is 0 Å². The Morgan fingerprint density at radius 2 is 2.11 bits per heavy atom. The van der Waals surface area contributed by atoms with Crippen molar-refractivity contribution in [1.29, 1.82) is 0 Å². The van der Waals surface area contributed by atoms with Gasteiger partial charge in [-0.1, -0.05) is 19.1 Å². The quantitative estimate of drug-likeness (QED) is 0.905. The average molecular weight is 282 g/mol. The molecule has 4 nitrogen and oxygen atoms in total. The predicted octanol–water partition coefficient (Wildman–Crippen LogP) is 2.69. The molecule has 0 aliphatic carbocycles. The number of thiophene rings is 1. The van der Waals surface area contributed by atoms with Gasteiger partial charge in [0.05, 0.1) is 0 Å². The van der Waals surface area contributed by atoms with E-state index >= 15 is 0 Å². The second-order valence-corrected chi connectivity index (χ2v) is 6.68. The zero-order valence-electron chi connectivity index (χ0n) is 9.88. The summed E-state index contributed by atoms with van der Waals surface area (Å²) in [5, 5.41) is 1.61. The van der Waals surface area contributed by atoms with Crippen LogP contribution in [0.1, 0.15) is 12.5 Å². The van der Waals surface area contributed by atoms with Crippen LogP contribution >= 0.6 is 11.3 Å². The number of hydrogen-bond acceptors (Lipinski definition) is 4. The first-order valence-electron chi connectivity index (χ1n) is 5.47. The van der Waals surface area contributed by atoms with E-state index in [9.17, 15) is 8.42 Å². The second-order valence-electron chi connectivity index (χ2n) is 3.86. The van der Waals surface area contributed by atoms with E-state index in [0.717, 1.165) is 23.3 Å². The minimum Gasteiger partial charge on any atom is -0.398 e. The standard InChI is InChI=1S/C12H14N2O2S2/c1-2-9-4-3-5-11(6-9)14-18(15,16)12-7-10(13)8-17-12/h3-8,14H,2,13H2,1H3. The molecule has 0 amide bonds. The lowest BCUT2D eigenvalue weighted by Crippen LogP contribution is -2.11. The number of sulfonamides is 1. The molecule has 6 heteroatoms. The van der Waals surface area contributed by atoms with Crippen LogP contribution in [-0.4, -0.2) is 8.42 Å². The number of aryl methyl sites for hydroxylation is 1. The number of nitrogen functional groups attached to an aromatic ring is 1. The zero-order chi connectivity index (χ0) is 13.2. The molecule has 0 aliphatic rings. The lowest BCUT2D eigenvalue weighted by Gasteiger charge is -2.07. The summed E-state index contributed by atoms with van der Waals surface area (Å²) in [6.07, 6.45) is 0.863. The van der Waals surface area contributed by atoms with E-state index in [1.54, 1.807) is 11.4 Å². The molecule has 1 heterocycles. The van der Waals surface area contributed by atoms with Gasteiger partial charge in [0.15, 0.2) is 0 Å². The summed E-state index contributed by atoms with van der Waals surface area (Å²) >= 11 is 1.11. The normalized spacial score (nSPS) is 11.4. The smallest absolute Gasteiger partial charge is 0.271 e. The number of anilines is 2.